The van der Waals surface area contributed by atoms with Gasteiger partial charge in [-0.3, -0.25) is 18.6 Å². The molecule has 2 atom stereocenters. The normalized spacial score (nSPS) is 14.1. The van der Waals surface area contributed by atoms with Crippen molar-refractivity contribution in [3.05, 3.63) is 122 Å². The highest BCUT2D eigenvalue weighted by atomic mass is 31.2. The van der Waals surface area contributed by atoms with Crippen molar-refractivity contribution in [2.75, 3.05) is 47.5 Å². The fourth-order valence-corrected chi connectivity index (χ4v) is 9.08. The summed E-state index contributed by atoms with van der Waals surface area (Å²) in [5.41, 5.74) is 0. The number of likely N-dealkylation sites (N-methyl/N-ethyl adjacent to an activating group) is 1. The van der Waals surface area contributed by atoms with Crippen molar-refractivity contribution in [2.45, 2.75) is 258 Å². The maximum absolute atomic E-state index is 12.8. The Balaban J connectivity index is 3.99. The zero-order valence-electron chi connectivity index (χ0n) is 51.3. The molecule has 1 N–H and O–H groups in total. The maximum atomic E-state index is 12.8. The van der Waals surface area contributed by atoms with Crippen LogP contribution >= 0.6 is 7.82 Å². The smallest absolute Gasteiger partial charge is 0.462 e. The first-order chi connectivity index (χ1) is 38.5. The summed E-state index contributed by atoms with van der Waals surface area (Å²) in [7, 11) is 1.46. The Morgan fingerprint density at radius 3 is 1.08 bits per heavy atom. The molecule has 0 spiro atoms. The second-order valence-electron chi connectivity index (χ2n) is 22.1. The van der Waals surface area contributed by atoms with Gasteiger partial charge in [-0.1, -0.05) is 257 Å². The summed E-state index contributed by atoms with van der Waals surface area (Å²) in [5, 5.41) is 0. The molecule has 0 aromatic carbocycles. The Bertz CT molecular complexity index is 1750. The van der Waals surface area contributed by atoms with Crippen LogP contribution in [0.1, 0.15) is 251 Å². The molecule has 0 heterocycles. The molecule has 0 aromatic heterocycles. The van der Waals surface area contributed by atoms with E-state index in [1.165, 1.54) is 96.3 Å². The number of ether oxygens (including phenoxy) is 2. The van der Waals surface area contributed by atoms with Crippen LogP contribution in [0, 0.1) is 0 Å². The maximum Gasteiger partial charge on any atom is 0.472 e. The summed E-state index contributed by atoms with van der Waals surface area (Å²) in [4.78, 5) is 35.7. The second kappa shape index (κ2) is 59.0. The number of esters is 2. The lowest BCUT2D eigenvalue weighted by molar-refractivity contribution is -0.870. The lowest BCUT2D eigenvalue weighted by atomic mass is 10.0. The van der Waals surface area contributed by atoms with Crippen LogP contribution in [0.15, 0.2) is 122 Å². The van der Waals surface area contributed by atoms with E-state index in [1.54, 1.807) is 0 Å². The van der Waals surface area contributed by atoms with Gasteiger partial charge < -0.3 is 18.9 Å². The number of nitrogens with zero attached hydrogens (tertiary/aromatic N) is 1. The van der Waals surface area contributed by atoms with Crippen molar-refractivity contribution >= 4 is 19.8 Å². The van der Waals surface area contributed by atoms with Crippen LogP contribution in [0.25, 0.3) is 0 Å². The van der Waals surface area contributed by atoms with Gasteiger partial charge in [0.2, 0.25) is 0 Å². The summed E-state index contributed by atoms with van der Waals surface area (Å²) in [5.74, 6) is -0.815. The molecule has 0 saturated heterocycles. The summed E-state index contributed by atoms with van der Waals surface area (Å²) >= 11 is 0. The largest absolute Gasteiger partial charge is 0.472 e. The van der Waals surface area contributed by atoms with Gasteiger partial charge >= 0.3 is 19.8 Å². The van der Waals surface area contributed by atoms with Crippen molar-refractivity contribution in [1.29, 1.82) is 0 Å². The van der Waals surface area contributed by atoms with Crippen molar-refractivity contribution in [2.24, 2.45) is 0 Å². The first-order valence-corrected chi connectivity index (χ1v) is 33.3. The number of carbonyl (C=O) groups excluding carboxylic acids is 2. The molecule has 79 heavy (non-hydrogen) atoms. The first-order valence-electron chi connectivity index (χ1n) is 31.8. The lowest BCUT2D eigenvalue weighted by Gasteiger charge is -2.24. The van der Waals surface area contributed by atoms with Crippen LogP contribution in [0.5, 0.6) is 0 Å². The minimum absolute atomic E-state index is 0.0256. The third-order valence-corrected chi connectivity index (χ3v) is 14.2. The van der Waals surface area contributed by atoms with E-state index in [9.17, 15) is 19.0 Å². The zero-order chi connectivity index (χ0) is 57.7. The number of hydrogen-bond donors (Lipinski definition) is 1. The van der Waals surface area contributed by atoms with Crippen LogP contribution in [0.4, 0.5) is 0 Å². The molecule has 9 nitrogen and oxygen atoms in total. The molecule has 0 rings (SSSR count). The highest BCUT2D eigenvalue weighted by Crippen LogP contribution is 2.43. The summed E-state index contributed by atoms with van der Waals surface area (Å²) < 4.78 is 34.5. The fourth-order valence-electron chi connectivity index (χ4n) is 8.34. The number of carbonyl (C=O) groups is 2. The summed E-state index contributed by atoms with van der Waals surface area (Å²) in [6.07, 6.45) is 84.4. The Morgan fingerprint density at radius 1 is 0.405 bits per heavy atom. The molecule has 0 aliphatic carbocycles. The van der Waals surface area contributed by atoms with E-state index in [1.807, 2.05) is 21.1 Å². The van der Waals surface area contributed by atoms with Crippen molar-refractivity contribution in [3.8, 4) is 0 Å². The van der Waals surface area contributed by atoms with Gasteiger partial charge in [0.05, 0.1) is 27.7 Å². The monoisotopic (exact) mass is 1120 g/mol. The van der Waals surface area contributed by atoms with Crippen LogP contribution in [0.2, 0.25) is 0 Å². The Kier molecular flexibility index (Phi) is 56.4. The van der Waals surface area contributed by atoms with Gasteiger partial charge in [0.15, 0.2) is 6.10 Å². The van der Waals surface area contributed by atoms with Gasteiger partial charge in [0.25, 0.3) is 0 Å². The average molecular weight is 1120 g/mol. The Morgan fingerprint density at radius 2 is 0.722 bits per heavy atom. The Hall–Kier alpha value is -3.59. The number of phosphoric ester groups is 1. The molecule has 452 valence electrons. The lowest BCUT2D eigenvalue weighted by Crippen LogP contribution is -2.37. The summed E-state index contributed by atoms with van der Waals surface area (Å²) in [6, 6.07) is 0. The number of rotatable bonds is 57. The molecule has 0 aliphatic rings. The van der Waals surface area contributed by atoms with E-state index in [-0.39, 0.29) is 32.0 Å². The number of phosphoric acid groups is 1. The number of unbranched alkanes of at least 4 members (excludes halogenated alkanes) is 23. The van der Waals surface area contributed by atoms with Gasteiger partial charge in [0, 0.05) is 12.8 Å². The molecule has 2 unspecified atom stereocenters. The topological polar surface area (TPSA) is 108 Å². The number of quaternary nitrogens is 1. The molecule has 0 aromatic rings. The van der Waals surface area contributed by atoms with Crippen molar-refractivity contribution < 1.29 is 42.1 Å². The van der Waals surface area contributed by atoms with E-state index >= 15 is 0 Å². The van der Waals surface area contributed by atoms with E-state index in [4.69, 9.17) is 18.5 Å². The zero-order valence-corrected chi connectivity index (χ0v) is 52.2. The SMILES string of the molecule is CC/C=C\C/C=C\C/C=C\C/C=C\C/C=C\C/C=C\C/C=C\C/C=C\CCCCCCCCCCCCCCCCCCC(=O)OC(COC(=O)CCCCCCC/C=C\C/C=C\CCCC)COP(=O)(O)OCC[N+](C)(C)C. The fraction of sp³-hybridized carbons (Fsp3) is 0.681. The molecule has 10 heteroatoms. The summed E-state index contributed by atoms with van der Waals surface area (Å²) in [6.45, 7) is 4.26. The first kappa shape index (κ1) is 75.4. The molecule has 0 fully saturated rings. The van der Waals surface area contributed by atoms with E-state index in [0.717, 1.165) is 122 Å². The number of allylic oxidation sites excluding steroid dienone is 20. The van der Waals surface area contributed by atoms with Crippen LogP contribution in [-0.2, 0) is 32.7 Å². The van der Waals surface area contributed by atoms with Gasteiger partial charge in [-0.2, -0.15) is 0 Å². The third-order valence-electron chi connectivity index (χ3n) is 13.2. The van der Waals surface area contributed by atoms with Gasteiger partial charge in [0.1, 0.15) is 19.8 Å². The minimum atomic E-state index is -4.39. The van der Waals surface area contributed by atoms with Crippen LogP contribution < -0.4 is 0 Å². The second-order valence-corrected chi connectivity index (χ2v) is 23.5. The predicted octanol–water partition coefficient (Wildman–Crippen LogP) is 20.3. The van der Waals surface area contributed by atoms with Crippen LogP contribution in [0.3, 0.4) is 0 Å². The standard InChI is InChI=1S/C69H118NO8P/c1-6-8-10-12-14-16-18-20-22-23-24-25-26-27-28-29-30-31-32-33-34-35-36-37-38-39-40-41-42-43-44-45-46-47-48-50-52-54-56-58-60-62-69(72)78-67(66-77-79(73,74)76-64-63-70(3,4)5)65-75-68(71)61-59-57-55-53-51-49-21-19-17-15-13-11-9-7-2/h8,10,13-16,19-22,24-25,27-28,30-31,33-34,36-37,67H,6-7,9,11-12,17-18,23,26,29,32,35,38-66H2,1-5H3/p+1/b10-8-,15-13-,16-14-,21-19-,22-20-,25-24-,28-27-,31-30-,34-33-,37-36-. The molecular weight excluding hydrogens is 1000 g/mol. The minimum Gasteiger partial charge on any atom is -0.462 e. The third kappa shape index (κ3) is 63.5. The van der Waals surface area contributed by atoms with Gasteiger partial charge in [-0.25, -0.2) is 4.57 Å². The van der Waals surface area contributed by atoms with Crippen molar-refractivity contribution in [1.82, 2.24) is 0 Å². The Labute approximate surface area is 486 Å². The number of hydrogen-bond acceptors (Lipinski definition) is 7. The van der Waals surface area contributed by atoms with E-state index in [0.29, 0.717) is 17.4 Å². The quantitative estimate of drug-likeness (QED) is 0.0211. The van der Waals surface area contributed by atoms with Gasteiger partial charge in [-0.05, 0) is 103 Å². The molecule has 0 saturated carbocycles. The van der Waals surface area contributed by atoms with E-state index in [2.05, 4.69) is 135 Å². The molecule has 0 amide bonds. The predicted molar refractivity (Wildman–Crippen MR) is 339 cm³/mol. The van der Waals surface area contributed by atoms with Gasteiger partial charge in [-0.15, -0.1) is 0 Å². The van der Waals surface area contributed by atoms with Crippen molar-refractivity contribution in [3.63, 3.8) is 0 Å². The highest BCUT2D eigenvalue weighted by Gasteiger charge is 2.27. The highest BCUT2D eigenvalue weighted by molar-refractivity contribution is 7.47. The molecule has 0 radical (unpaired) electrons. The molecule has 0 bridgehead atoms. The van der Waals surface area contributed by atoms with Crippen LogP contribution in [-0.4, -0.2) is 74.9 Å². The average Bonchev–Trinajstić information content (AvgIpc) is 3.41. The molecule has 0 aliphatic heterocycles. The molecular formula is C69H119NO8P+. The van der Waals surface area contributed by atoms with E-state index < -0.39 is 26.5 Å².